The molecule has 0 saturated carbocycles. The summed E-state index contributed by atoms with van der Waals surface area (Å²) in [5, 5.41) is 3.76. The van der Waals surface area contributed by atoms with Crippen molar-refractivity contribution in [2.45, 2.75) is 0 Å². The number of benzene rings is 12. The number of hydrogen-bond acceptors (Lipinski definition) is 0. The van der Waals surface area contributed by atoms with Gasteiger partial charge in [0.2, 0.25) is 0 Å². The van der Waals surface area contributed by atoms with Crippen LogP contribution < -0.4 is 20.7 Å². The van der Waals surface area contributed by atoms with Gasteiger partial charge < -0.3 is 13.7 Å². The van der Waals surface area contributed by atoms with Gasteiger partial charge >= 0.3 is 0 Å². The predicted octanol–water partition coefficient (Wildman–Crippen LogP) is 15.7. The van der Waals surface area contributed by atoms with Gasteiger partial charge in [-0.3, -0.25) is 0 Å². The van der Waals surface area contributed by atoms with E-state index in [9.17, 15) is 8.22 Å². The zero-order valence-electron chi connectivity index (χ0n) is 55.5. The van der Waals surface area contributed by atoms with Crippen molar-refractivity contribution in [2.75, 3.05) is 0 Å². The van der Waals surface area contributed by atoms with Crippen LogP contribution in [0.25, 0.3) is 105 Å². The van der Waals surface area contributed by atoms with Crippen molar-refractivity contribution in [3.05, 3.63) is 297 Å². The zero-order chi connectivity index (χ0) is 63.2. The number of aromatic nitrogens is 3. The average molecular weight is 999 g/mol. The summed E-state index contributed by atoms with van der Waals surface area (Å²) in [6.45, 7) is 0. The molecular weight excluding hydrogens is 935 g/mol. The van der Waals surface area contributed by atoms with E-state index >= 15 is 0 Å². The Hall–Kier alpha value is -9.74. The van der Waals surface area contributed by atoms with Crippen molar-refractivity contribution in [1.82, 2.24) is 13.7 Å². The molecule has 0 saturated heterocycles. The predicted molar refractivity (Wildman–Crippen MR) is 324 cm³/mol. The molecule has 0 bridgehead atoms. The molecule has 0 atom stereocenters. The summed E-state index contributed by atoms with van der Waals surface area (Å²) in [6.07, 6.45) is 0. The molecule has 76 heavy (non-hydrogen) atoms. The first kappa shape index (κ1) is 31.1. The van der Waals surface area contributed by atoms with Gasteiger partial charge in [-0.05, 0) is 110 Å². The lowest BCUT2D eigenvalue weighted by Gasteiger charge is -2.34. The van der Waals surface area contributed by atoms with Crippen molar-refractivity contribution in [3.63, 3.8) is 0 Å². The molecule has 0 spiro atoms. The highest BCUT2D eigenvalue weighted by Crippen LogP contribution is 2.41. The van der Waals surface area contributed by atoms with E-state index in [0.29, 0.717) is 21.8 Å². The lowest BCUT2D eigenvalue weighted by atomic mass is 10.0. The standard InChI is InChI=1S/C72H49N3Si/c1-6-22-50(23-7-1)52-38-42-70-65(46-52)66-49-60(76(57-26-10-3-11-27-57,58-28-12-4-13-29-58)59-30-14-5-15-31-59)40-43-71(66)73(70)54-39-41-64-63-34-18-21-37-69(63)75(72(64)48-54)56-45-53(51-24-8-2-9-25-51)44-55(47-56)74-67-35-19-16-32-61(67)62-33-17-20-36-68(62)74/h1-49H/i3D,4D,5D,10D,11D,12D,13D,14D,15D,26D,27D,28D,29D,30D,31D. The van der Waals surface area contributed by atoms with Crippen LogP contribution in [-0.4, -0.2) is 21.8 Å². The van der Waals surface area contributed by atoms with E-state index in [-0.39, 0.29) is 5.19 Å². The molecule has 4 heteroatoms. The number of hydrogen-bond donors (Lipinski definition) is 0. The van der Waals surface area contributed by atoms with Crippen LogP contribution in [0.3, 0.4) is 0 Å². The number of nitrogens with zero attached hydrogens (tertiary/aromatic N) is 3. The average Bonchev–Trinajstić information content (AvgIpc) is 0.919. The Kier molecular flexibility index (Phi) is 7.26. The topological polar surface area (TPSA) is 14.8 Å². The van der Waals surface area contributed by atoms with Gasteiger partial charge in [-0.1, -0.05) is 230 Å². The van der Waals surface area contributed by atoms with Gasteiger partial charge in [0.25, 0.3) is 0 Å². The van der Waals surface area contributed by atoms with E-state index in [0.717, 1.165) is 82.9 Å². The fraction of sp³-hybridized carbons (Fsp3) is 0. The molecule has 12 aromatic carbocycles. The Morgan fingerprint density at radius 1 is 0.237 bits per heavy atom. The third-order valence-corrected chi connectivity index (χ3v) is 19.1. The first-order valence-electron chi connectivity index (χ1n) is 32.5. The minimum Gasteiger partial charge on any atom is -0.309 e. The van der Waals surface area contributed by atoms with Crippen molar-refractivity contribution in [2.24, 2.45) is 0 Å². The van der Waals surface area contributed by atoms with E-state index < -0.39 is 114 Å². The lowest BCUT2D eigenvalue weighted by Crippen LogP contribution is -2.74. The molecule has 3 heterocycles. The second-order valence-electron chi connectivity index (χ2n) is 18.9. The van der Waals surface area contributed by atoms with E-state index in [1.54, 1.807) is 18.2 Å². The largest absolute Gasteiger partial charge is 0.309 e. The minimum absolute atomic E-state index is 0.0210. The van der Waals surface area contributed by atoms with Crippen LogP contribution in [0.15, 0.2) is 297 Å². The zero-order valence-corrected chi connectivity index (χ0v) is 41.5. The van der Waals surface area contributed by atoms with Crippen LogP contribution in [0.4, 0.5) is 0 Å². The molecule has 0 aliphatic carbocycles. The van der Waals surface area contributed by atoms with Crippen LogP contribution in [-0.2, 0) is 0 Å². The Balaban J connectivity index is 1.07. The first-order chi connectivity index (χ1) is 43.9. The number of fused-ring (bicyclic) bond motifs is 9. The van der Waals surface area contributed by atoms with Gasteiger partial charge in [-0.15, -0.1) is 0 Å². The van der Waals surface area contributed by atoms with Gasteiger partial charge in [0, 0.05) is 49.4 Å². The molecule has 0 N–H and O–H groups in total. The van der Waals surface area contributed by atoms with Gasteiger partial charge in [-0.2, -0.15) is 0 Å². The Morgan fingerprint density at radius 3 is 1.17 bits per heavy atom. The monoisotopic (exact) mass is 998 g/mol. The third-order valence-electron chi connectivity index (χ3n) is 15.0. The van der Waals surface area contributed by atoms with Crippen molar-refractivity contribution < 1.29 is 20.6 Å². The molecule has 0 aliphatic rings. The number of para-hydroxylation sites is 3. The maximum absolute atomic E-state index is 9.76. The molecule has 0 fully saturated rings. The minimum atomic E-state index is -5.47. The summed E-state index contributed by atoms with van der Waals surface area (Å²) in [7, 11) is -5.47. The summed E-state index contributed by atoms with van der Waals surface area (Å²) in [5.41, 5.74) is 11.6. The normalized spacial score (nSPS) is 14.7. The summed E-state index contributed by atoms with van der Waals surface area (Å²) >= 11 is 0. The van der Waals surface area contributed by atoms with E-state index in [1.807, 2.05) is 84.9 Å². The second kappa shape index (κ2) is 17.7. The summed E-state index contributed by atoms with van der Waals surface area (Å²) in [4.78, 5) is 0. The molecule has 0 aliphatic heterocycles. The van der Waals surface area contributed by atoms with Crippen LogP contribution in [0.5, 0.6) is 0 Å². The summed E-state index contributed by atoms with van der Waals surface area (Å²) in [6, 6.07) is 56.9. The molecule has 15 rings (SSSR count). The van der Waals surface area contributed by atoms with Crippen molar-refractivity contribution >= 4 is 94.2 Å². The SMILES string of the molecule is [2H]c1c([2H])c([2H])c([Si](c2ccc3c(c2)c2cc(-c4ccccc4)ccc2n3-c2ccc3c4ccccc4n(-c4cc(-c5ccccc5)cc(-n5c6ccccc6c6ccccc65)c4)c3c2)(c2c([2H])c([2H])c([2H])c([2H])c2[2H])c2c([2H])c([2H])c([2H])c([2H])c2[2H])c([2H])c1[2H]. The molecule has 15 aromatic rings. The third kappa shape index (κ3) is 6.81. The van der Waals surface area contributed by atoms with Crippen LogP contribution in [0.1, 0.15) is 20.6 Å². The molecule has 0 amide bonds. The fourth-order valence-corrected chi connectivity index (χ4v) is 15.5. The maximum atomic E-state index is 9.76. The van der Waals surface area contributed by atoms with Gasteiger partial charge in [0.15, 0.2) is 8.07 Å². The summed E-state index contributed by atoms with van der Waals surface area (Å²) in [5.74, 6) is 0. The van der Waals surface area contributed by atoms with Crippen molar-refractivity contribution in [1.29, 1.82) is 0 Å². The Bertz CT molecular complexity index is 5320. The molecule has 3 nitrogen and oxygen atoms in total. The first-order valence-corrected chi connectivity index (χ1v) is 27.0. The molecule has 356 valence electrons. The van der Waals surface area contributed by atoms with Crippen LogP contribution in [0.2, 0.25) is 0 Å². The van der Waals surface area contributed by atoms with E-state index in [2.05, 4.69) is 117 Å². The van der Waals surface area contributed by atoms with Crippen LogP contribution >= 0.6 is 0 Å². The smallest absolute Gasteiger partial charge is 0.179 e. The second-order valence-corrected chi connectivity index (χ2v) is 22.5. The fourth-order valence-electron chi connectivity index (χ4n) is 11.7. The van der Waals surface area contributed by atoms with Crippen LogP contribution in [0, 0.1) is 0 Å². The van der Waals surface area contributed by atoms with Gasteiger partial charge in [0.05, 0.1) is 53.7 Å². The molecule has 0 radical (unpaired) electrons. The highest BCUT2D eigenvalue weighted by Gasteiger charge is 2.41. The highest BCUT2D eigenvalue weighted by molar-refractivity contribution is 7.20. The van der Waals surface area contributed by atoms with E-state index in [4.69, 9.17) is 12.3 Å². The van der Waals surface area contributed by atoms with Gasteiger partial charge in [-0.25, -0.2) is 0 Å². The molecule has 0 unspecified atom stereocenters. The molecular formula is C72H49N3Si. The highest BCUT2D eigenvalue weighted by atomic mass is 28.3. The van der Waals surface area contributed by atoms with Gasteiger partial charge in [0.1, 0.15) is 0 Å². The quantitative estimate of drug-likeness (QED) is 0.101. The Labute approximate surface area is 463 Å². The van der Waals surface area contributed by atoms with E-state index in [1.165, 1.54) is 0 Å². The Morgan fingerprint density at radius 2 is 0.645 bits per heavy atom. The molecule has 3 aromatic heterocycles. The maximum Gasteiger partial charge on any atom is 0.179 e. The number of rotatable bonds is 9. The van der Waals surface area contributed by atoms with Crippen molar-refractivity contribution in [3.8, 4) is 39.3 Å². The summed E-state index contributed by atoms with van der Waals surface area (Å²) < 4.78 is 146. The lowest BCUT2D eigenvalue weighted by molar-refractivity contribution is 1.13.